The molecule has 0 heterocycles. The molecule has 0 saturated carbocycles. The van der Waals surface area contributed by atoms with E-state index < -0.39 is 23.9 Å². The Hall–Kier alpha value is -15.2. The maximum absolute atomic E-state index is 12.5. The Bertz CT molecular complexity index is 6000. The molecule has 13 rings (SSSR count). The molecule has 0 aliphatic rings. The van der Waals surface area contributed by atoms with E-state index in [4.69, 9.17) is 56.8 Å². The van der Waals surface area contributed by atoms with E-state index in [1.165, 1.54) is 59.8 Å². The number of rotatable bonds is 27. The van der Waals surface area contributed by atoms with Gasteiger partial charge in [-0.15, -0.1) is 23.8 Å². The number of benzene rings is 13. The summed E-state index contributed by atoms with van der Waals surface area (Å²) in [6.07, 6.45) is 0. The second kappa shape index (κ2) is 57.9. The minimum atomic E-state index is -0.495. The first kappa shape index (κ1) is 111. The number of hydrogen-bond acceptors (Lipinski definition) is 24. The van der Waals surface area contributed by atoms with E-state index in [0.717, 1.165) is 56.6 Å². The molecule has 25 heteroatoms. The van der Waals surface area contributed by atoms with Crippen molar-refractivity contribution in [1.29, 1.82) is 0 Å². The van der Waals surface area contributed by atoms with Gasteiger partial charge in [0.15, 0.2) is 46.3 Å². The molecule has 0 aromatic heterocycles. The van der Waals surface area contributed by atoms with Crippen LogP contribution in [0.1, 0.15) is 196 Å². The Morgan fingerprint density at radius 1 is 0.235 bits per heavy atom. The zero-order valence-electron chi connectivity index (χ0n) is 79.5. The smallest absolute Gasteiger partial charge is 0.343 e. The first-order valence-corrected chi connectivity index (χ1v) is 42.0. The zero-order chi connectivity index (χ0) is 99.2. The number of carbonyl (C=O) groups excluding carboxylic acids is 12. The number of Topliss-reactive ketones (excluding diaryl/α,β-unsaturated/α-hetero) is 8. The number of esters is 4. The normalized spacial score (nSPS) is 9.82. The minimum absolute atomic E-state index is 0. The molecule has 0 aliphatic carbocycles. The van der Waals surface area contributed by atoms with Gasteiger partial charge in [-0.3, -0.25) is 38.4 Å². The Labute approximate surface area is 818 Å². The maximum atomic E-state index is 12.5. The van der Waals surface area contributed by atoms with Crippen LogP contribution in [-0.4, -0.2) is 140 Å². The van der Waals surface area contributed by atoms with Crippen LogP contribution >= 0.6 is 0 Å². The van der Waals surface area contributed by atoms with Gasteiger partial charge in [0.2, 0.25) is 0 Å². The van der Waals surface area contributed by atoms with E-state index in [0.29, 0.717) is 102 Å². The van der Waals surface area contributed by atoms with Crippen LogP contribution in [0.15, 0.2) is 291 Å². The van der Waals surface area contributed by atoms with Crippen LogP contribution < -0.4 is 47.4 Å². The van der Waals surface area contributed by atoms with Crippen LogP contribution in [0.25, 0.3) is 22.3 Å². The number of methoxy groups -OCH3 is 8. The fourth-order valence-electron chi connectivity index (χ4n) is 11.8. The van der Waals surface area contributed by atoms with E-state index >= 15 is 0 Å². The summed E-state index contributed by atoms with van der Waals surface area (Å²) in [7, 11) is 12.8. The summed E-state index contributed by atoms with van der Waals surface area (Å²) in [6, 6.07) is 86.9. The monoisotopic (exact) mass is 1910 g/mol. The van der Waals surface area contributed by atoms with Gasteiger partial charge in [-0.25, -0.2) is 19.2 Å². The summed E-state index contributed by atoms with van der Waals surface area (Å²) < 4.78 is 61.7. The third kappa shape index (κ3) is 36.7. The van der Waals surface area contributed by atoms with Crippen molar-refractivity contribution in [2.75, 3.05) is 70.1 Å². The van der Waals surface area contributed by atoms with Gasteiger partial charge in [0.05, 0.1) is 78.6 Å². The van der Waals surface area contributed by atoms with E-state index in [9.17, 15) is 57.5 Å². The summed E-state index contributed by atoms with van der Waals surface area (Å²) in [6.45, 7) is 18.2. The quantitative estimate of drug-likeness (QED) is 0.0152. The largest absolute Gasteiger partial charge is 0.554 e. The van der Waals surface area contributed by atoms with Gasteiger partial charge < -0.3 is 56.8 Å². The van der Waals surface area contributed by atoms with Crippen molar-refractivity contribution >= 4 is 70.1 Å². The van der Waals surface area contributed by atoms with E-state index in [1.54, 1.807) is 264 Å². The third-order valence-electron chi connectivity index (χ3n) is 19.7. The third-order valence-corrected chi connectivity index (χ3v) is 19.7. The molecule has 0 N–H and O–H groups in total. The van der Waals surface area contributed by atoms with Gasteiger partial charge >= 0.3 is 23.9 Å². The molecule has 0 bridgehead atoms. The molecule has 0 unspecified atom stereocenters. The average molecular weight is 1920 g/mol. The Kier molecular flexibility index (Phi) is 47.4. The number of aryl methyl sites for hydroxylation is 3. The molecular weight excluding hydrogens is 1810 g/mol. The van der Waals surface area contributed by atoms with Gasteiger partial charge in [0, 0.05) is 101 Å². The summed E-state index contributed by atoms with van der Waals surface area (Å²) in [5.74, 6) is 4.85. The zero-order valence-corrected chi connectivity index (χ0v) is 82.3. The second-order valence-electron chi connectivity index (χ2n) is 29.4. The van der Waals surface area contributed by atoms with E-state index in [1.807, 2.05) is 112 Å². The fraction of sp³-hybridized carbons (Fsp3) is 0.189. The summed E-state index contributed by atoms with van der Waals surface area (Å²) in [5.41, 5.74) is 13.1. The number of hydrogen-bond donors (Lipinski definition) is 0. The van der Waals surface area contributed by atoms with Crippen molar-refractivity contribution in [2.24, 2.45) is 0 Å². The standard InChI is InChI=1S/C22H18O4.C18H18O4.C17H15O4.C14H14O2.C12H14O4.C10H10O2.2C9H10O2.Y/c1-15(23)16-8-10-18(11-9-16)22(24)26-21-13-12-19(25-2)14-20(21)17-6-4-3-5-7-17;1-11-10-17(12(2)9-16(11)21-4)22-18(20)15-7-5-14(6-8-15)13(3)19;1-11-10-15(8-9-16(11)20-3)21-17(19)14-6-4-13(5-7-14)12(2)18;1-15-13-7-3-11(4-8-13)12-5-9-14(16-2)10-6-12;1-9(13)10-3-5-11(6-4-10)12(14)16-8-7-15-2;1-7(11)9-3-5-10(6-4-9)8(2)12;2*1-7(10)8-3-5-9(11-2)6-4-8;/h3-14H,1-2H3;5-10H,1-4H3;4-7,9-10H,1-3H3;3-10H,1-2H3;3-6H,7-8H2,1-2H3;3-6H,1-2H3;2*3-6H,1-2H3;/q;;-1;;;;;;. The van der Waals surface area contributed by atoms with Gasteiger partial charge in [-0.2, -0.15) is 0 Å². The van der Waals surface area contributed by atoms with Crippen LogP contribution in [0.2, 0.25) is 0 Å². The van der Waals surface area contributed by atoms with Gasteiger partial charge in [-0.1, -0.05) is 134 Å². The number of carbonyl (C=O) groups is 12. The van der Waals surface area contributed by atoms with Crippen molar-refractivity contribution in [3.05, 3.63) is 381 Å². The molecule has 0 amide bonds. The van der Waals surface area contributed by atoms with Crippen LogP contribution in [0, 0.1) is 26.8 Å². The predicted molar refractivity (Wildman–Crippen MR) is 518 cm³/mol. The van der Waals surface area contributed by atoms with Crippen LogP contribution in [0.4, 0.5) is 0 Å². The number of ether oxygens (including phenoxy) is 12. The van der Waals surface area contributed by atoms with E-state index in [-0.39, 0.29) is 85.6 Å². The molecule has 136 heavy (non-hydrogen) atoms. The molecule has 0 saturated heterocycles. The van der Waals surface area contributed by atoms with Crippen LogP contribution in [-0.2, 0) is 42.2 Å². The van der Waals surface area contributed by atoms with Crippen LogP contribution in [0.5, 0.6) is 57.5 Å². The Morgan fingerprint density at radius 2 is 0.500 bits per heavy atom. The molecule has 1 radical (unpaired) electrons. The maximum Gasteiger partial charge on any atom is 0.343 e. The summed E-state index contributed by atoms with van der Waals surface area (Å²) >= 11 is 0. The van der Waals surface area contributed by atoms with E-state index in [2.05, 4.69) is 6.07 Å². The molecule has 0 atom stereocenters. The predicted octanol–water partition coefficient (Wildman–Crippen LogP) is 22.7. The summed E-state index contributed by atoms with van der Waals surface area (Å²) in [5, 5.41) is 0. The average Bonchev–Trinajstić information content (AvgIpc) is 0.526. The van der Waals surface area contributed by atoms with Crippen molar-refractivity contribution in [1.82, 2.24) is 0 Å². The molecule has 13 aromatic rings. The molecule has 0 spiro atoms. The van der Waals surface area contributed by atoms with Crippen molar-refractivity contribution in [3.63, 3.8) is 0 Å². The topological polar surface area (TPSA) is 316 Å². The molecular formula is C111H109O24Y-. The van der Waals surface area contributed by atoms with Gasteiger partial charge in [0.1, 0.15) is 52.6 Å². The first-order valence-electron chi connectivity index (χ1n) is 42.0. The SMILES string of the molecule is CC(=O)c1ccc(C(C)=O)cc1.COCCOC(=O)c1ccc(C(C)=O)cc1.COc1c[c-]c(OC(=O)c2ccc(C(C)=O)cc2)cc1C.COc1cc(C)c(OC(=O)c2ccc(C(C)=O)cc2)cc1C.COc1ccc(-c2ccc(OC)cc2)cc1.COc1ccc(C(C)=O)cc1.COc1ccc(C(C)=O)cc1.COc1ccc(OC(=O)c2ccc(C(C)=O)cc2)c(-c2ccccc2)c1.[Y]. The van der Waals surface area contributed by atoms with Crippen molar-refractivity contribution in [2.45, 2.75) is 76.2 Å². The minimum Gasteiger partial charge on any atom is -0.554 e. The molecule has 13 aromatic carbocycles. The van der Waals surface area contributed by atoms with Crippen molar-refractivity contribution < 1.29 is 147 Å². The van der Waals surface area contributed by atoms with Crippen LogP contribution in [0.3, 0.4) is 0 Å². The Balaban J connectivity index is 0.000000279. The first-order chi connectivity index (χ1) is 64.6. The fourth-order valence-corrected chi connectivity index (χ4v) is 11.8. The molecule has 0 fully saturated rings. The van der Waals surface area contributed by atoms with Crippen molar-refractivity contribution in [3.8, 4) is 79.7 Å². The summed E-state index contributed by atoms with van der Waals surface area (Å²) in [4.78, 5) is 136. The van der Waals surface area contributed by atoms with Gasteiger partial charge in [-0.05, 0) is 249 Å². The Morgan fingerprint density at radius 3 is 0.801 bits per heavy atom. The second-order valence-corrected chi connectivity index (χ2v) is 29.4. The van der Waals surface area contributed by atoms with Gasteiger partial charge in [0.25, 0.3) is 0 Å². The molecule has 701 valence electrons. The molecule has 24 nitrogen and oxygen atoms in total. The number of ketones is 8. The molecule has 0 aliphatic heterocycles.